The molecule has 0 atom stereocenters. The fourth-order valence-electron chi connectivity index (χ4n) is 2.55. The van der Waals surface area contributed by atoms with Crippen LogP contribution < -0.4 is 10.5 Å². The molecule has 4 nitrogen and oxygen atoms in total. The number of likely N-dealkylation sites (tertiary alicyclic amines) is 1. The first-order chi connectivity index (χ1) is 10.2. The largest absolute Gasteiger partial charge is 0.493 e. The third-order valence-corrected chi connectivity index (χ3v) is 4.10. The van der Waals surface area contributed by atoms with Gasteiger partial charge in [0, 0.05) is 18.1 Å². The van der Waals surface area contributed by atoms with Crippen LogP contribution in [-0.2, 0) is 0 Å². The molecule has 1 aromatic carbocycles. The molecule has 0 radical (unpaired) electrons. The van der Waals surface area contributed by atoms with E-state index in [4.69, 9.17) is 22.1 Å². The summed E-state index contributed by atoms with van der Waals surface area (Å²) in [6.45, 7) is 4.83. The lowest BCUT2D eigenvalue weighted by molar-refractivity contribution is 0.0689. The molecule has 0 unspecified atom stereocenters. The molecular weight excluding hydrogens is 288 g/mol. The first-order valence-electron chi connectivity index (χ1n) is 7.57. The summed E-state index contributed by atoms with van der Waals surface area (Å²) in [4.78, 5) is 14.6. The fraction of sp³-hybridized carbons (Fsp3) is 0.562. The van der Waals surface area contributed by atoms with Crippen LogP contribution in [0.25, 0.3) is 0 Å². The summed E-state index contributed by atoms with van der Waals surface area (Å²) in [5.74, 6) is 1.15. The number of carbonyl (C=O) groups is 1. The molecule has 21 heavy (non-hydrogen) atoms. The third-order valence-electron chi connectivity index (χ3n) is 3.87. The molecule has 0 aromatic heterocycles. The van der Waals surface area contributed by atoms with Crippen LogP contribution in [0.3, 0.4) is 0 Å². The topological polar surface area (TPSA) is 55.6 Å². The molecule has 1 aliphatic heterocycles. The zero-order valence-electron chi connectivity index (χ0n) is 12.5. The number of carbonyl (C=O) groups excluding carboxylic acids is 1. The molecule has 1 amide bonds. The van der Waals surface area contributed by atoms with Gasteiger partial charge < -0.3 is 15.4 Å². The van der Waals surface area contributed by atoms with Gasteiger partial charge in [-0.25, -0.2) is 0 Å². The average Bonchev–Trinajstić information content (AvgIpc) is 2.53. The maximum Gasteiger partial charge on any atom is 0.257 e. The molecule has 0 aliphatic carbocycles. The van der Waals surface area contributed by atoms with Crippen molar-refractivity contribution in [1.82, 2.24) is 4.90 Å². The second-order valence-corrected chi connectivity index (χ2v) is 5.90. The normalized spacial score (nSPS) is 16.0. The van der Waals surface area contributed by atoms with Gasteiger partial charge in [-0.3, -0.25) is 4.79 Å². The van der Waals surface area contributed by atoms with Crippen LogP contribution in [0.15, 0.2) is 18.2 Å². The van der Waals surface area contributed by atoms with Crippen molar-refractivity contribution in [2.24, 2.45) is 11.7 Å². The summed E-state index contributed by atoms with van der Waals surface area (Å²) < 4.78 is 5.67. The van der Waals surface area contributed by atoms with E-state index in [1.807, 2.05) is 11.8 Å². The first kappa shape index (κ1) is 16.1. The zero-order chi connectivity index (χ0) is 15.2. The van der Waals surface area contributed by atoms with Crippen LogP contribution in [-0.4, -0.2) is 37.0 Å². The highest BCUT2D eigenvalue weighted by atomic mass is 35.5. The van der Waals surface area contributed by atoms with Gasteiger partial charge in [-0.2, -0.15) is 0 Å². The average molecular weight is 311 g/mol. The summed E-state index contributed by atoms with van der Waals surface area (Å²) in [7, 11) is 0. The summed E-state index contributed by atoms with van der Waals surface area (Å²) in [6, 6.07) is 5.23. The van der Waals surface area contributed by atoms with E-state index in [0.29, 0.717) is 35.4 Å². The van der Waals surface area contributed by atoms with Crippen LogP contribution in [0.5, 0.6) is 5.75 Å². The van der Waals surface area contributed by atoms with Gasteiger partial charge in [-0.15, -0.1) is 0 Å². The minimum atomic E-state index is -0.000857. The lowest BCUT2D eigenvalue weighted by Gasteiger charge is -2.31. The van der Waals surface area contributed by atoms with Crippen LogP contribution in [0.4, 0.5) is 0 Å². The van der Waals surface area contributed by atoms with E-state index >= 15 is 0 Å². The molecule has 1 aliphatic rings. The van der Waals surface area contributed by atoms with Gasteiger partial charge in [0.15, 0.2) is 0 Å². The number of hydrogen-bond acceptors (Lipinski definition) is 3. The molecule has 116 valence electrons. The minimum Gasteiger partial charge on any atom is -0.493 e. The number of nitrogens with zero attached hydrogens (tertiary/aromatic N) is 1. The SMILES string of the molecule is CCCOc1ccc(Cl)cc1C(=O)N1CCC(CN)CC1. The standard InChI is InChI=1S/C16H23ClN2O2/c1-2-9-21-15-4-3-13(17)10-14(15)16(20)19-7-5-12(11-18)6-8-19/h3-4,10,12H,2,5-9,11,18H2,1H3. The highest BCUT2D eigenvalue weighted by molar-refractivity contribution is 6.31. The van der Waals surface area contributed by atoms with E-state index in [1.54, 1.807) is 18.2 Å². The Bertz CT molecular complexity index is 485. The van der Waals surface area contributed by atoms with Crippen molar-refractivity contribution >= 4 is 17.5 Å². The van der Waals surface area contributed by atoms with Crippen molar-refractivity contribution in [2.45, 2.75) is 26.2 Å². The van der Waals surface area contributed by atoms with Gasteiger partial charge >= 0.3 is 0 Å². The molecule has 2 N–H and O–H groups in total. The third kappa shape index (κ3) is 4.11. The van der Waals surface area contributed by atoms with E-state index < -0.39 is 0 Å². The Morgan fingerprint density at radius 3 is 2.76 bits per heavy atom. The maximum absolute atomic E-state index is 12.7. The molecular formula is C16H23ClN2O2. The number of amides is 1. The van der Waals surface area contributed by atoms with E-state index in [1.165, 1.54) is 0 Å². The van der Waals surface area contributed by atoms with Crippen molar-refractivity contribution in [2.75, 3.05) is 26.2 Å². The number of rotatable bonds is 5. The number of nitrogens with two attached hydrogens (primary N) is 1. The lowest BCUT2D eigenvalue weighted by atomic mass is 9.96. The molecule has 1 aromatic rings. The zero-order valence-corrected chi connectivity index (χ0v) is 13.2. The van der Waals surface area contributed by atoms with Gasteiger partial charge in [-0.05, 0) is 49.9 Å². The molecule has 1 fully saturated rings. The Kier molecular flexibility index (Phi) is 5.88. The predicted octanol–water partition coefficient (Wildman–Crippen LogP) is 2.94. The van der Waals surface area contributed by atoms with Crippen molar-refractivity contribution in [1.29, 1.82) is 0 Å². The van der Waals surface area contributed by atoms with Crippen LogP contribution >= 0.6 is 11.6 Å². The van der Waals surface area contributed by atoms with Crippen LogP contribution in [0, 0.1) is 5.92 Å². The van der Waals surface area contributed by atoms with Crippen LogP contribution in [0.1, 0.15) is 36.5 Å². The van der Waals surface area contributed by atoms with E-state index in [2.05, 4.69) is 0 Å². The quantitative estimate of drug-likeness (QED) is 0.909. The predicted molar refractivity (Wildman–Crippen MR) is 84.9 cm³/mol. The van der Waals surface area contributed by atoms with Crippen molar-refractivity contribution < 1.29 is 9.53 Å². The molecule has 0 saturated carbocycles. The van der Waals surface area contributed by atoms with E-state index in [-0.39, 0.29) is 5.91 Å². The van der Waals surface area contributed by atoms with Crippen molar-refractivity contribution in [3.05, 3.63) is 28.8 Å². The van der Waals surface area contributed by atoms with Gasteiger partial charge in [0.1, 0.15) is 5.75 Å². The summed E-state index contributed by atoms with van der Waals surface area (Å²) in [6.07, 6.45) is 2.83. The van der Waals surface area contributed by atoms with Crippen molar-refractivity contribution in [3.8, 4) is 5.75 Å². The Morgan fingerprint density at radius 1 is 1.43 bits per heavy atom. The molecule has 1 heterocycles. The Labute approximate surface area is 131 Å². The number of hydrogen-bond donors (Lipinski definition) is 1. The van der Waals surface area contributed by atoms with Gasteiger partial charge in [0.25, 0.3) is 5.91 Å². The fourth-order valence-corrected chi connectivity index (χ4v) is 2.72. The van der Waals surface area contributed by atoms with Gasteiger partial charge in [-0.1, -0.05) is 18.5 Å². The minimum absolute atomic E-state index is 0.000857. The molecule has 2 rings (SSSR count). The number of benzene rings is 1. The number of ether oxygens (including phenoxy) is 1. The summed E-state index contributed by atoms with van der Waals surface area (Å²) in [5, 5.41) is 0.555. The Morgan fingerprint density at radius 2 is 2.14 bits per heavy atom. The smallest absolute Gasteiger partial charge is 0.257 e. The van der Waals surface area contributed by atoms with Gasteiger partial charge in [0.2, 0.25) is 0 Å². The second kappa shape index (κ2) is 7.66. The van der Waals surface area contributed by atoms with E-state index in [9.17, 15) is 4.79 Å². The Hall–Kier alpha value is -1.26. The molecule has 0 spiro atoms. The molecule has 5 heteroatoms. The monoisotopic (exact) mass is 310 g/mol. The Balaban J connectivity index is 2.12. The second-order valence-electron chi connectivity index (χ2n) is 5.46. The van der Waals surface area contributed by atoms with Crippen molar-refractivity contribution in [3.63, 3.8) is 0 Å². The highest BCUT2D eigenvalue weighted by Crippen LogP contribution is 2.26. The lowest BCUT2D eigenvalue weighted by Crippen LogP contribution is -2.40. The summed E-state index contributed by atoms with van der Waals surface area (Å²) in [5.41, 5.74) is 6.25. The number of halogens is 1. The van der Waals surface area contributed by atoms with Gasteiger partial charge in [0.05, 0.1) is 12.2 Å². The highest BCUT2D eigenvalue weighted by Gasteiger charge is 2.25. The maximum atomic E-state index is 12.7. The molecule has 0 bridgehead atoms. The van der Waals surface area contributed by atoms with E-state index in [0.717, 1.165) is 32.4 Å². The summed E-state index contributed by atoms with van der Waals surface area (Å²) >= 11 is 6.04. The van der Waals surface area contributed by atoms with Crippen LogP contribution in [0.2, 0.25) is 5.02 Å². The molecule has 1 saturated heterocycles. The number of piperidine rings is 1. The first-order valence-corrected chi connectivity index (χ1v) is 7.95.